The van der Waals surface area contributed by atoms with Gasteiger partial charge in [0, 0.05) is 35.9 Å². The lowest BCUT2D eigenvalue weighted by molar-refractivity contribution is -0.116. The first kappa shape index (κ1) is 16.8. The van der Waals surface area contributed by atoms with Crippen LogP contribution >= 0.6 is 0 Å². The monoisotopic (exact) mass is 334 g/mol. The molecule has 2 aliphatic rings. The van der Waals surface area contributed by atoms with Crippen molar-refractivity contribution in [2.24, 2.45) is 16.8 Å². The number of Topliss-reactive ketones (excluding diaryl/α,β-unsaturated/α-hetero) is 1. The van der Waals surface area contributed by atoms with Gasteiger partial charge in [-0.05, 0) is 30.9 Å². The summed E-state index contributed by atoms with van der Waals surface area (Å²) in [6.07, 6.45) is 8.98. The highest BCUT2D eigenvalue weighted by molar-refractivity contribution is 6.08. The highest BCUT2D eigenvalue weighted by Gasteiger charge is 2.32. The second-order valence-corrected chi connectivity index (χ2v) is 6.09. The SMILES string of the molecule is COC(=NC(=N)c1ccncc1)C1=CC2C=C(C#N)C(=O)CC2CC1. The van der Waals surface area contributed by atoms with Gasteiger partial charge in [0.05, 0.1) is 12.7 Å². The summed E-state index contributed by atoms with van der Waals surface area (Å²) in [6.45, 7) is 0. The van der Waals surface area contributed by atoms with Crippen LogP contribution in [-0.2, 0) is 9.53 Å². The third kappa shape index (κ3) is 3.56. The number of nitrogens with zero attached hydrogens (tertiary/aromatic N) is 3. The highest BCUT2D eigenvalue weighted by Crippen LogP contribution is 2.37. The van der Waals surface area contributed by atoms with Crippen LogP contribution in [0, 0.1) is 28.6 Å². The lowest BCUT2D eigenvalue weighted by Crippen LogP contribution is -2.27. The Morgan fingerprint density at radius 3 is 2.84 bits per heavy atom. The molecule has 3 rings (SSSR count). The van der Waals surface area contributed by atoms with Crippen molar-refractivity contribution in [2.75, 3.05) is 7.11 Å². The van der Waals surface area contributed by atoms with Crippen LogP contribution in [0.5, 0.6) is 0 Å². The minimum absolute atomic E-state index is 0.0339. The first-order chi connectivity index (χ1) is 12.1. The molecule has 126 valence electrons. The van der Waals surface area contributed by atoms with Gasteiger partial charge in [0.2, 0.25) is 5.90 Å². The van der Waals surface area contributed by atoms with Crippen LogP contribution in [0.1, 0.15) is 24.8 Å². The number of rotatable bonds is 2. The first-order valence-electron chi connectivity index (χ1n) is 8.10. The average molecular weight is 334 g/mol. The van der Waals surface area contributed by atoms with Crippen molar-refractivity contribution in [1.29, 1.82) is 10.7 Å². The summed E-state index contributed by atoms with van der Waals surface area (Å²) in [6, 6.07) is 5.42. The smallest absolute Gasteiger partial charge is 0.217 e. The Bertz CT molecular complexity index is 831. The predicted molar refractivity (Wildman–Crippen MR) is 93.1 cm³/mol. The van der Waals surface area contributed by atoms with Gasteiger partial charge < -0.3 is 4.74 Å². The second-order valence-electron chi connectivity index (χ2n) is 6.09. The molecule has 0 saturated heterocycles. The number of aliphatic imine (C=N–C) groups is 1. The van der Waals surface area contributed by atoms with E-state index in [1.165, 1.54) is 7.11 Å². The van der Waals surface area contributed by atoms with E-state index in [0.717, 1.165) is 18.4 Å². The maximum absolute atomic E-state index is 11.9. The Labute approximate surface area is 146 Å². The van der Waals surface area contributed by atoms with Crippen molar-refractivity contribution < 1.29 is 9.53 Å². The average Bonchev–Trinajstić information content (AvgIpc) is 2.65. The van der Waals surface area contributed by atoms with Crippen LogP contribution in [0.25, 0.3) is 0 Å². The Hall–Kier alpha value is -3.07. The van der Waals surface area contributed by atoms with Gasteiger partial charge in [-0.3, -0.25) is 15.2 Å². The number of methoxy groups -OCH3 is 1. The van der Waals surface area contributed by atoms with Crippen molar-refractivity contribution in [2.45, 2.75) is 19.3 Å². The quantitative estimate of drug-likeness (QED) is 0.664. The van der Waals surface area contributed by atoms with Crippen LogP contribution in [-0.4, -0.2) is 29.6 Å². The predicted octanol–water partition coefficient (Wildman–Crippen LogP) is 2.83. The molecular weight excluding hydrogens is 316 g/mol. The fourth-order valence-electron chi connectivity index (χ4n) is 3.24. The van der Waals surface area contributed by atoms with E-state index in [0.29, 0.717) is 17.9 Å². The van der Waals surface area contributed by atoms with Crippen molar-refractivity contribution in [3.05, 3.63) is 53.4 Å². The Kier molecular flexibility index (Phi) is 4.85. The van der Waals surface area contributed by atoms with E-state index in [2.05, 4.69) is 9.98 Å². The van der Waals surface area contributed by atoms with Gasteiger partial charge in [0.15, 0.2) is 11.6 Å². The number of nitrogens with one attached hydrogen (secondary N) is 1. The molecule has 0 bridgehead atoms. The molecule has 1 aromatic rings. The number of pyridine rings is 1. The number of allylic oxidation sites excluding steroid dienone is 3. The number of amidine groups is 1. The molecule has 0 amide bonds. The number of hydrogen-bond acceptors (Lipinski definition) is 5. The summed E-state index contributed by atoms with van der Waals surface area (Å²) in [5.74, 6) is 0.705. The zero-order valence-corrected chi connectivity index (χ0v) is 13.9. The molecular formula is C19H18N4O2. The standard InChI is InChI=1S/C19H18N4O2/c1-25-19(23-18(21)12-4-6-22-7-5-12)14-3-2-13-10-17(24)16(11-20)9-15(13)8-14/h4-9,13,15,21H,2-3,10H2,1H3. The summed E-state index contributed by atoms with van der Waals surface area (Å²) in [7, 11) is 1.53. The molecule has 2 aliphatic carbocycles. The molecule has 0 radical (unpaired) electrons. The lowest BCUT2D eigenvalue weighted by atomic mass is 9.73. The second kappa shape index (κ2) is 7.22. The van der Waals surface area contributed by atoms with Crippen LogP contribution in [0.15, 0.2) is 52.8 Å². The van der Waals surface area contributed by atoms with E-state index in [-0.39, 0.29) is 29.0 Å². The van der Waals surface area contributed by atoms with Crippen LogP contribution in [0.4, 0.5) is 0 Å². The summed E-state index contributed by atoms with van der Waals surface area (Å²) in [4.78, 5) is 20.1. The number of aromatic nitrogens is 1. The van der Waals surface area contributed by atoms with Gasteiger partial charge >= 0.3 is 0 Å². The first-order valence-corrected chi connectivity index (χ1v) is 8.10. The molecule has 25 heavy (non-hydrogen) atoms. The van der Waals surface area contributed by atoms with Gasteiger partial charge in [-0.15, -0.1) is 0 Å². The maximum Gasteiger partial charge on any atom is 0.217 e. The normalized spacial score (nSPS) is 23.0. The number of fused-ring (bicyclic) bond motifs is 1. The van der Waals surface area contributed by atoms with Crippen LogP contribution in [0.2, 0.25) is 0 Å². The maximum atomic E-state index is 11.9. The third-order valence-electron chi connectivity index (χ3n) is 4.59. The molecule has 2 atom stereocenters. The fourth-order valence-corrected chi connectivity index (χ4v) is 3.24. The Balaban J connectivity index is 1.88. The molecule has 0 aliphatic heterocycles. The summed E-state index contributed by atoms with van der Waals surface area (Å²) in [5.41, 5.74) is 1.80. The minimum Gasteiger partial charge on any atom is -0.481 e. The Morgan fingerprint density at radius 1 is 1.40 bits per heavy atom. The molecule has 1 heterocycles. The largest absolute Gasteiger partial charge is 0.481 e. The summed E-state index contributed by atoms with van der Waals surface area (Å²) >= 11 is 0. The lowest BCUT2D eigenvalue weighted by Gasteiger charge is -2.31. The van der Waals surface area contributed by atoms with E-state index < -0.39 is 0 Å². The molecule has 0 aromatic carbocycles. The van der Waals surface area contributed by atoms with E-state index >= 15 is 0 Å². The number of ether oxygens (including phenoxy) is 1. The van der Waals surface area contributed by atoms with Crippen LogP contribution < -0.4 is 0 Å². The van der Waals surface area contributed by atoms with Gasteiger partial charge in [0.25, 0.3) is 0 Å². The molecule has 1 aromatic heterocycles. The molecule has 0 fully saturated rings. The zero-order chi connectivity index (χ0) is 17.8. The van der Waals surface area contributed by atoms with Gasteiger partial charge in [0.1, 0.15) is 6.07 Å². The van der Waals surface area contributed by atoms with Gasteiger partial charge in [-0.1, -0.05) is 12.2 Å². The molecule has 0 spiro atoms. The van der Waals surface area contributed by atoms with Crippen molar-refractivity contribution in [1.82, 2.24) is 4.98 Å². The highest BCUT2D eigenvalue weighted by atomic mass is 16.5. The van der Waals surface area contributed by atoms with E-state index in [1.54, 1.807) is 30.6 Å². The molecule has 6 heteroatoms. The number of hydrogen-bond donors (Lipinski definition) is 1. The zero-order valence-electron chi connectivity index (χ0n) is 13.9. The van der Waals surface area contributed by atoms with E-state index in [4.69, 9.17) is 15.4 Å². The minimum atomic E-state index is -0.0688. The Morgan fingerprint density at radius 2 is 2.16 bits per heavy atom. The van der Waals surface area contributed by atoms with E-state index in [1.807, 2.05) is 12.1 Å². The van der Waals surface area contributed by atoms with Crippen molar-refractivity contribution in [3.63, 3.8) is 0 Å². The third-order valence-corrected chi connectivity index (χ3v) is 4.59. The molecule has 2 unspecified atom stereocenters. The van der Waals surface area contributed by atoms with Crippen molar-refractivity contribution in [3.8, 4) is 6.07 Å². The topological polar surface area (TPSA) is 99.2 Å². The summed E-state index contributed by atoms with van der Waals surface area (Å²) in [5, 5.41) is 17.2. The fraction of sp³-hybridized carbons (Fsp3) is 0.316. The number of carbonyl (C=O) groups excluding carboxylic acids is 1. The number of nitriles is 1. The van der Waals surface area contributed by atoms with E-state index in [9.17, 15) is 4.79 Å². The molecule has 0 saturated carbocycles. The van der Waals surface area contributed by atoms with Gasteiger partial charge in [-0.25, -0.2) is 0 Å². The van der Waals surface area contributed by atoms with Gasteiger partial charge in [-0.2, -0.15) is 10.3 Å². The number of ketones is 1. The summed E-state index contributed by atoms with van der Waals surface area (Å²) < 4.78 is 5.41. The molecule has 1 N–H and O–H groups in total. The molecule has 6 nitrogen and oxygen atoms in total. The van der Waals surface area contributed by atoms with Crippen LogP contribution in [0.3, 0.4) is 0 Å². The van der Waals surface area contributed by atoms with Crippen molar-refractivity contribution >= 4 is 17.5 Å². The number of carbonyl (C=O) groups is 1.